The normalized spacial score (nSPS) is 16.8. The molecule has 0 radical (unpaired) electrons. The number of amides is 1. The third-order valence-corrected chi connectivity index (χ3v) is 5.74. The molecule has 1 amide bonds. The Morgan fingerprint density at radius 2 is 1.96 bits per heavy atom. The zero-order valence-corrected chi connectivity index (χ0v) is 18.0. The van der Waals surface area contributed by atoms with E-state index in [2.05, 4.69) is 45.9 Å². The second-order valence-corrected chi connectivity index (χ2v) is 8.26. The highest BCUT2D eigenvalue weighted by atomic mass is 35.5. The lowest BCUT2D eigenvalue weighted by Gasteiger charge is -2.26. The summed E-state index contributed by atoms with van der Waals surface area (Å²) in [5.41, 5.74) is 5.32. The molecule has 3 rings (SSSR count). The van der Waals surface area contributed by atoms with Crippen molar-refractivity contribution in [2.75, 3.05) is 13.6 Å². The lowest BCUT2D eigenvalue weighted by Crippen LogP contribution is -2.39. The Kier molecular flexibility index (Phi) is 6.21. The number of carbonyl (C=O) groups excluding carboxylic acids is 1. The average Bonchev–Trinajstić information content (AvgIpc) is 3.09. The van der Waals surface area contributed by atoms with Crippen molar-refractivity contribution in [2.24, 2.45) is 5.10 Å². The number of halogens is 1. The highest BCUT2D eigenvalue weighted by molar-refractivity contribution is 6.31. The van der Waals surface area contributed by atoms with Gasteiger partial charge in [-0.3, -0.25) is 9.69 Å². The molecule has 0 N–H and O–H groups in total. The van der Waals surface area contributed by atoms with Crippen molar-refractivity contribution in [1.29, 1.82) is 0 Å². The summed E-state index contributed by atoms with van der Waals surface area (Å²) < 4.78 is 0. The standard InChI is InChI=1S/C23H28ClN3O/c1-15(2)26(5)14-23(28)27-22(18-8-6-7-9-20(18)24)13-21(25-27)19-12-16(3)10-11-17(19)4/h6-12,15,22H,13-14H2,1-5H3/t22-/m1/s1. The zero-order chi connectivity index (χ0) is 20.4. The van der Waals surface area contributed by atoms with Crippen molar-refractivity contribution in [2.45, 2.75) is 46.2 Å². The van der Waals surface area contributed by atoms with Crippen LogP contribution in [0, 0.1) is 13.8 Å². The first-order chi connectivity index (χ1) is 13.3. The molecule has 148 valence electrons. The Hall–Kier alpha value is -2.17. The molecule has 2 aromatic rings. The van der Waals surface area contributed by atoms with Gasteiger partial charge in [-0.25, -0.2) is 5.01 Å². The van der Waals surface area contributed by atoms with Gasteiger partial charge in [-0.15, -0.1) is 0 Å². The first-order valence-electron chi connectivity index (χ1n) is 9.69. The summed E-state index contributed by atoms with van der Waals surface area (Å²) in [5, 5.41) is 7.09. The van der Waals surface area contributed by atoms with Gasteiger partial charge in [0.2, 0.25) is 0 Å². The lowest BCUT2D eigenvalue weighted by molar-refractivity contribution is -0.134. The maximum Gasteiger partial charge on any atom is 0.257 e. The monoisotopic (exact) mass is 397 g/mol. The molecular weight excluding hydrogens is 370 g/mol. The van der Waals surface area contributed by atoms with Crippen molar-refractivity contribution < 1.29 is 4.79 Å². The van der Waals surface area contributed by atoms with Crippen LogP contribution in [0.5, 0.6) is 0 Å². The lowest BCUT2D eigenvalue weighted by atomic mass is 9.95. The van der Waals surface area contributed by atoms with Gasteiger partial charge >= 0.3 is 0 Å². The summed E-state index contributed by atoms with van der Waals surface area (Å²) in [6.45, 7) is 8.63. The maximum absolute atomic E-state index is 13.1. The van der Waals surface area contributed by atoms with E-state index >= 15 is 0 Å². The molecule has 4 nitrogen and oxygen atoms in total. The van der Waals surface area contributed by atoms with Gasteiger partial charge in [-0.1, -0.05) is 47.5 Å². The molecule has 0 aromatic heterocycles. The van der Waals surface area contributed by atoms with Crippen LogP contribution in [0.3, 0.4) is 0 Å². The fourth-order valence-electron chi connectivity index (χ4n) is 3.41. The van der Waals surface area contributed by atoms with Crippen LogP contribution in [-0.2, 0) is 4.79 Å². The van der Waals surface area contributed by atoms with Crippen LogP contribution in [0.4, 0.5) is 0 Å². The van der Waals surface area contributed by atoms with Crippen LogP contribution < -0.4 is 0 Å². The Morgan fingerprint density at radius 1 is 1.25 bits per heavy atom. The smallest absolute Gasteiger partial charge is 0.257 e. The van der Waals surface area contributed by atoms with Gasteiger partial charge in [0, 0.05) is 23.0 Å². The number of hydrogen-bond donors (Lipinski definition) is 0. The van der Waals surface area contributed by atoms with E-state index in [1.807, 2.05) is 36.2 Å². The Balaban J connectivity index is 1.99. The van der Waals surface area contributed by atoms with Crippen molar-refractivity contribution in [1.82, 2.24) is 9.91 Å². The van der Waals surface area contributed by atoms with E-state index in [1.54, 1.807) is 5.01 Å². The van der Waals surface area contributed by atoms with Gasteiger partial charge in [0.05, 0.1) is 18.3 Å². The molecule has 0 spiro atoms. The van der Waals surface area contributed by atoms with E-state index in [9.17, 15) is 4.79 Å². The number of benzene rings is 2. The second kappa shape index (κ2) is 8.46. The van der Waals surface area contributed by atoms with Gasteiger partial charge in [-0.05, 0) is 58.0 Å². The second-order valence-electron chi connectivity index (χ2n) is 7.85. The third kappa shape index (κ3) is 4.29. The molecule has 0 aliphatic carbocycles. The minimum absolute atomic E-state index is 0.0126. The van der Waals surface area contributed by atoms with Crippen LogP contribution in [0.1, 0.15) is 48.6 Å². The molecule has 28 heavy (non-hydrogen) atoms. The topological polar surface area (TPSA) is 35.9 Å². The molecule has 5 heteroatoms. The predicted molar refractivity (Wildman–Crippen MR) is 116 cm³/mol. The molecule has 0 unspecified atom stereocenters. The van der Waals surface area contributed by atoms with Crippen molar-refractivity contribution >= 4 is 23.2 Å². The summed E-state index contributed by atoms with van der Waals surface area (Å²) in [7, 11) is 1.96. The quantitative estimate of drug-likeness (QED) is 0.713. The van der Waals surface area contributed by atoms with Gasteiger partial charge in [-0.2, -0.15) is 5.10 Å². The van der Waals surface area contributed by atoms with E-state index < -0.39 is 0 Å². The van der Waals surface area contributed by atoms with E-state index in [4.69, 9.17) is 16.7 Å². The summed E-state index contributed by atoms with van der Waals surface area (Å²) in [6, 6.07) is 14.2. The van der Waals surface area contributed by atoms with Crippen molar-refractivity contribution in [3.63, 3.8) is 0 Å². The molecule has 0 saturated heterocycles. The number of hydrogen-bond acceptors (Lipinski definition) is 3. The minimum atomic E-state index is -0.184. The number of carbonyl (C=O) groups is 1. The van der Waals surface area contributed by atoms with Gasteiger partial charge < -0.3 is 0 Å². The first kappa shape index (κ1) is 20.6. The highest BCUT2D eigenvalue weighted by Gasteiger charge is 2.35. The molecule has 1 aliphatic heterocycles. The summed E-state index contributed by atoms with van der Waals surface area (Å²) >= 11 is 6.48. The van der Waals surface area contributed by atoms with E-state index in [0.29, 0.717) is 18.0 Å². The third-order valence-electron chi connectivity index (χ3n) is 5.40. The molecular formula is C23H28ClN3O. The predicted octanol–water partition coefficient (Wildman–Crippen LogP) is 4.97. The minimum Gasteiger partial charge on any atom is -0.295 e. The van der Waals surface area contributed by atoms with Crippen LogP contribution in [0.25, 0.3) is 0 Å². The van der Waals surface area contributed by atoms with Gasteiger partial charge in [0.15, 0.2) is 0 Å². The molecule has 0 saturated carbocycles. The maximum atomic E-state index is 13.1. The number of hydrazone groups is 1. The van der Waals surface area contributed by atoms with Crippen LogP contribution in [0.2, 0.25) is 5.02 Å². The molecule has 0 fully saturated rings. The van der Waals surface area contributed by atoms with Gasteiger partial charge in [0.1, 0.15) is 0 Å². The number of likely N-dealkylation sites (N-methyl/N-ethyl adjacent to an activating group) is 1. The van der Waals surface area contributed by atoms with E-state index in [0.717, 1.165) is 22.4 Å². The van der Waals surface area contributed by atoms with Crippen molar-refractivity contribution in [3.8, 4) is 0 Å². The van der Waals surface area contributed by atoms with Crippen molar-refractivity contribution in [3.05, 3.63) is 69.7 Å². The molecule has 1 heterocycles. The largest absolute Gasteiger partial charge is 0.295 e. The zero-order valence-electron chi connectivity index (χ0n) is 17.2. The Labute approximate surface area is 172 Å². The summed E-state index contributed by atoms with van der Waals surface area (Å²) in [5.74, 6) is -0.0126. The van der Waals surface area contributed by atoms with Crippen LogP contribution >= 0.6 is 11.6 Å². The van der Waals surface area contributed by atoms with Gasteiger partial charge in [0.25, 0.3) is 5.91 Å². The number of aryl methyl sites for hydroxylation is 2. The molecule has 1 atom stereocenters. The number of rotatable bonds is 5. The summed E-state index contributed by atoms with van der Waals surface area (Å²) in [4.78, 5) is 15.1. The van der Waals surface area contributed by atoms with Crippen LogP contribution in [-0.4, -0.2) is 41.2 Å². The SMILES string of the molecule is Cc1ccc(C)c(C2=NN(C(=O)CN(C)C(C)C)[C@@H](c3ccccc3Cl)C2)c1. The highest BCUT2D eigenvalue weighted by Crippen LogP contribution is 2.36. The fraction of sp³-hybridized carbons (Fsp3) is 0.391. The Bertz CT molecular complexity index is 906. The molecule has 0 bridgehead atoms. The van der Waals surface area contributed by atoms with E-state index in [-0.39, 0.29) is 18.0 Å². The fourth-order valence-corrected chi connectivity index (χ4v) is 3.67. The van der Waals surface area contributed by atoms with Crippen LogP contribution in [0.15, 0.2) is 47.6 Å². The molecule has 1 aliphatic rings. The average molecular weight is 398 g/mol. The molecule has 2 aromatic carbocycles. The number of nitrogens with zero attached hydrogens (tertiary/aromatic N) is 3. The summed E-state index contributed by atoms with van der Waals surface area (Å²) in [6.07, 6.45) is 0.658. The van der Waals surface area contributed by atoms with E-state index in [1.165, 1.54) is 5.56 Å². The Morgan fingerprint density at radius 3 is 2.64 bits per heavy atom. The first-order valence-corrected chi connectivity index (χ1v) is 10.1.